The highest BCUT2D eigenvalue weighted by atomic mass is 127. The number of halogens is 1. The van der Waals surface area contributed by atoms with Gasteiger partial charge in [0.15, 0.2) is 0 Å². The third kappa shape index (κ3) is 9.37. The van der Waals surface area contributed by atoms with Gasteiger partial charge in [-0.1, -0.05) is 13.3 Å². The van der Waals surface area contributed by atoms with E-state index in [4.69, 9.17) is 14.2 Å². The third-order valence-electron chi connectivity index (χ3n) is 2.46. The van der Waals surface area contributed by atoms with Crippen molar-refractivity contribution in [1.29, 1.82) is 0 Å². The third-order valence-corrected chi connectivity index (χ3v) is 3.03. The molecule has 0 fully saturated rings. The van der Waals surface area contributed by atoms with Gasteiger partial charge in [-0.2, -0.15) is 5.10 Å². The molecule has 0 aliphatic rings. The minimum Gasteiger partial charge on any atom is -0.379 e. The van der Waals surface area contributed by atoms with Gasteiger partial charge in [0.2, 0.25) is 0 Å². The molecule has 0 saturated heterocycles. The molecule has 0 amide bonds. The fraction of sp³-hybridized carbons (Fsp3) is 0.769. The Kier molecular flexibility index (Phi) is 10.3. The van der Waals surface area contributed by atoms with Crippen LogP contribution < -0.4 is 0 Å². The van der Waals surface area contributed by atoms with Crippen molar-refractivity contribution in [2.24, 2.45) is 0 Å². The summed E-state index contributed by atoms with van der Waals surface area (Å²) in [6.07, 6.45) is 4.24. The number of hydrogen-bond acceptors (Lipinski definition) is 4. The monoisotopic (exact) mass is 382 g/mol. The Morgan fingerprint density at radius 3 is 2.26 bits per heavy atom. The molecule has 1 aromatic rings. The minimum atomic E-state index is 0.618. The van der Waals surface area contributed by atoms with E-state index in [0.29, 0.717) is 33.0 Å². The maximum absolute atomic E-state index is 5.46. The highest BCUT2D eigenvalue weighted by Crippen LogP contribution is 1.98. The Labute approximate surface area is 128 Å². The van der Waals surface area contributed by atoms with Crippen LogP contribution in [-0.2, 0) is 20.8 Å². The number of nitrogens with zero attached hydrogens (tertiary/aromatic N) is 2. The van der Waals surface area contributed by atoms with E-state index in [9.17, 15) is 0 Å². The summed E-state index contributed by atoms with van der Waals surface area (Å²) in [5.74, 6) is 0. The molecule has 1 aromatic heterocycles. The summed E-state index contributed by atoms with van der Waals surface area (Å²) in [4.78, 5) is 0. The Morgan fingerprint density at radius 2 is 1.68 bits per heavy atom. The lowest BCUT2D eigenvalue weighted by Gasteiger charge is -2.06. The predicted octanol–water partition coefficient (Wildman–Crippen LogP) is 2.34. The van der Waals surface area contributed by atoms with Crippen LogP contribution in [0.4, 0.5) is 0 Å². The molecule has 0 aliphatic heterocycles. The van der Waals surface area contributed by atoms with Crippen LogP contribution in [0.1, 0.15) is 19.8 Å². The van der Waals surface area contributed by atoms with Crippen LogP contribution in [0, 0.1) is 3.70 Å². The van der Waals surface area contributed by atoms with Gasteiger partial charge in [0.05, 0.1) is 39.6 Å². The van der Waals surface area contributed by atoms with Crippen LogP contribution in [0.15, 0.2) is 12.3 Å². The van der Waals surface area contributed by atoms with E-state index < -0.39 is 0 Å². The zero-order valence-electron chi connectivity index (χ0n) is 11.5. The molecule has 0 aliphatic carbocycles. The maximum atomic E-state index is 5.46. The zero-order valence-corrected chi connectivity index (χ0v) is 13.7. The topological polar surface area (TPSA) is 45.5 Å². The molecule has 0 bridgehead atoms. The van der Waals surface area contributed by atoms with Crippen molar-refractivity contribution in [1.82, 2.24) is 9.78 Å². The lowest BCUT2D eigenvalue weighted by Crippen LogP contribution is -2.12. The lowest BCUT2D eigenvalue weighted by atomic mass is 10.4. The number of rotatable bonds is 12. The molecule has 0 atom stereocenters. The molecule has 1 rings (SSSR count). The molecule has 0 saturated carbocycles. The van der Waals surface area contributed by atoms with Crippen molar-refractivity contribution >= 4 is 22.6 Å². The first-order chi connectivity index (χ1) is 9.33. The van der Waals surface area contributed by atoms with Crippen LogP contribution >= 0.6 is 22.6 Å². The largest absolute Gasteiger partial charge is 0.379 e. The van der Waals surface area contributed by atoms with E-state index in [-0.39, 0.29) is 0 Å². The normalized spacial score (nSPS) is 11.1. The first kappa shape index (κ1) is 16.9. The summed E-state index contributed by atoms with van der Waals surface area (Å²) < 4.78 is 19.1. The number of ether oxygens (including phenoxy) is 3. The fourth-order valence-corrected chi connectivity index (χ4v) is 1.85. The molecule has 0 radical (unpaired) electrons. The van der Waals surface area contributed by atoms with Crippen LogP contribution in [-0.4, -0.2) is 49.4 Å². The quantitative estimate of drug-likeness (QED) is 0.411. The molecular formula is C13H23IN2O3. The molecule has 110 valence electrons. The van der Waals surface area contributed by atoms with Crippen molar-refractivity contribution in [3.8, 4) is 0 Å². The van der Waals surface area contributed by atoms with Gasteiger partial charge < -0.3 is 14.2 Å². The second kappa shape index (κ2) is 11.6. The Balaban J connectivity index is 1.79. The van der Waals surface area contributed by atoms with Gasteiger partial charge >= 0.3 is 0 Å². The summed E-state index contributed by atoms with van der Waals surface area (Å²) in [5, 5.41) is 4.27. The highest BCUT2D eigenvalue weighted by molar-refractivity contribution is 14.1. The van der Waals surface area contributed by atoms with E-state index in [2.05, 4.69) is 34.6 Å². The maximum Gasteiger partial charge on any atom is 0.123 e. The molecule has 19 heavy (non-hydrogen) atoms. The average Bonchev–Trinajstić information content (AvgIpc) is 2.82. The standard InChI is InChI=1S/C13H23IN2O3/c1-2-3-7-17-9-11-19-12-10-18-8-6-16-5-4-13(14)15-16/h4-5H,2-3,6-12H2,1H3. The van der Waals surface area contributed by atoms with Crippen molar-refractivity contribution in [3.05, 3.63) is 16.0 Å². The van der Waals surface area contributed by atoms with Crippen molar-refractivity contribution < 1.29 is 14.2 Å². The van der Waals surface area contributed by atoms with E-state index in [1.807, 2.05) is 16.9 Å². The van der Waals surface area contributed by atoms with Gasteiger partial charge in [0.1, 0.15) is 3.70 Å². The van der Waals surface area contributed by atoms with Gasteiger partial charge in [0, 0.05) is 12.8 Å². The van der Waals surface area contributed by atoms with Gasteiger partial charge in [-0.25, -0.2) is 0 Å². The van der Waals surface area contributed by atoms with Gasteiger partial charge in [-0.3, -0.25) is 4.68 Å². The summed E-state index contributed by atoms with van der Waals surface area (Å²) in [7, 11) is 0. The molecule has 6 heteroatoms. The van der Waals surface area contributed by atoms with Crippen molar-refractivity contribution in [3.63, 3.8) is 0 Å². The first-order valence-electron chi connectivity index (χ1n) is 6.75. The predicted molar refractivity (Wildman–Crippen MR) is 82.3 cm³/mol. The van der Waals surface area contributed by atoms with E-state index >= 15 is 0 Å². The van der Waals surface area contributed by atoms with Crippen LogP contribution in [0.5, 0.6) is 0 Å². The SMILES string of the molecule is CCCCOCCOCCOCCn1ccc(I)n1. The number of hydrogen-bond donors (Lipinski definition) is 0. The Hall–Kier alpha value is -0.180. The van der Waals surface area contributed by atoms with Crippen LogP contribution in [0.3, 0.4) is 0 Å². The first-order valence-corrected chi connectivity index (χ1v) is 7.83. The Morgan fingerprint density at radius 1 is 1.05 bits per heavy atom. The summed E-state index contributed by atoms with van der Waals surface area (Å²) in [5.41, 5.74) is 0. The summed E-state index contributed by atoms with van der Waals surface area (Å²) >= 11 is 2.19. The molecule has 0 aromatic carbocycles. The van der Waals surface area contributed by atoms with E-state index in [1.54, 1.807) is 0 Å². The molecule has 0 N–H and O–H groups in total. The summed E-state index contributed by atoms with van der Waals surface area (Å²) in [6.45, 7) is 6.98. The minimum absolute atomic E-state index is 0.618. The van der Waals surface area contributed by atoms with E-state index in [1.165, 1.54) is 6.42 Å². The second-order valence-electron chi connectivity index (χ2n) is 4.09. The highest BCUT2D eigenvalue weighted by Gasteiger charge is 1.95. The molecule has 5 nitrogen and oxygen atoms in total. The van der Waals surface area contributed by atoms with Crippen LogP contribution in [0.2, 0.25) is 0 Å². The van der Waals surface area contributed by atoms with Crippen molar-refractivity contribution in [2.75, 3.05) is 39.6 Å². The summed E-state index contributed by atoms with van der Waals surface area (Å²) in [6, 6.07) is 1.97. The molecule has 0 spiro atoms. The van der Waals surface area contributed by atoms with Gasteiger partial charge in [-0.05, 0) is 35.1 Å². The number of aromatic nitrogens is 2. The second-order valence-corrected chi connectivity index (χ2v) is 5.20. The molecule has 0 unspecified atom stereocenters. The lowest BCUT2D eigenvalue weighted by molar-refractivity contribution is 0.0123. The Bertz CT molecular complexity index is 321. The molecular weight excluding hydrogens is 359 g/mol. The average molecular weight is 382 g/mol. The van der Waals surface area contributed by atoms with Crippen LogP contribution in [0.25, 0.3) is 0 Å². The van der Waals surface area contributed by atoms with Gasteiger partial charge in [0.25, 0.3) is 0 Å². The zero-order chi connectivity index (χ0) is 13.8. The van der Waals surface area contributed by atoms with Crippen molar-refractivity contribution in [2.45, 2.75) is 26.3 Å². The smallest absolute Gasteiger partial charge is 0.123 e. The van der Waals surface area contributed by atoms with Gasteiger partial charge in [-0.15, -0.1) is 0 Å². The fourth-order valence-electron chi connectivity index (χ4n) is 1.41. The molecule has 1 heterocycles. The number of unbranched alkanes of at least 4 members (excludes halogenated alkanes) is 1. The van der Waals surface area contributed by atoms with E-state index in [0.717, 1.165) is 23.3 Å².